The summed E-state index contributed by atoms with van der Waals surface area (Å²) in [5, 5.41) is 6.15. The van der Waals surface area contributed by atoms with E-state index < -0.39 is 10.0 Å². The van der Waals surface area contributed by atoms with Crippen LogP contribution in [0.15, 0.2) is 29.2 Å². The number of benzene rings is 1. The zero-order chi connectivity index (χ0) is 19.3. The predicted molar refractivity (Wildman–Crippen MR) is 102 cm³/mol. The van der Waals surface area contributed by atoms with Crippen molar-refractivity contribution in [2.45, 2.75) is 18.7 Å². The summed E-state index contributed by atoms with van der Waals surface area (Å²) in [5.41, 5.74) is 0.820. The summed E-state index contributed by atoms with van der Waals surface area (Å²) in [4.78, 5) is 8.74. The number of hydrogen-bond donors (Lipinski definition) is 3. The molecule has 0 fully saturated rings. The number of anilines is 2. The number of aryl methyl sites for hydroxylation is 1. The van der Waals surface area contributed by atoms with Crippen molar-refractivity contribution in [3.63, 3.8) is 0 Å². The van der Waals surface area contributed by atoms with Gasteiger partial charge in [-0.1, -0.05) is 0 Å². The molecule has 0 bridgehead atoms. The highest BCUT2D eigenvalue weighted by atomic mass is 32.2. The van der Waals surface area contributed by atoms with Crippen LogP contribution in [0.1, 0.15) is 12.6 Å². The second-order valence-electron chi connectivity index (χ2n) is 5.88. The Morgan fingerprint density at radius 1 is 1.04 bits per heavy atom. The van der Waals surface area contributed by atoms with Crippen LogP contribution in [0.2, 0.25) is 0 Å². The van der Waals surface area contributed by atoms with Gasteiger partial charge in [-0.25, -0.2) is 18.1 Å². The summed E-state index contributed by atoms with van der Waals surface area (Å²) in [6.07, 6.45) is 0. The van der Waals surface area contributed by atoms with E-state index in [4.69, 9.17) is 9.47 Å². The van der Waals surface area contributed by atoms with Gasteiger partial charge >= 0.3 is 0 Å². The molecule has 0 amide bonds. The van der Waals surface area contributed by atoms with Gasteiger partial charge in [0.15, 0.2) is 11.5 Å². The van der Waals surface area contributed by atoms with Crippen molar-refractivity contribution in [1.29, 1.82) is 0 Å². The Labute approximate surface area is 158 Å². The Bertz CT molecular complexity index is 904. The number of aromatic nitrogens is 2. The summed E-state index contributed by atoms with van der Waals surface area (Å²) in [7, 11) is -3.65. The van der Waals surface area contributed by atoms with Crippen molar-refractivity contribution < 1.29 is 17.9 Å². The van der Waals surface area contributed by atoms with Gasteiger partial charge in [0.25, 0.3) is 0 Å². The van der Waals surface area contributed by atoms with E-state index in [0.29, 0.717) is 37.2 Å². The number of rotatable bonds is 8. The van der Waals surface area contributed by atoms with E-state index in [0.717, 1.165) is 18.1 Å². The van der Waals surface area contributed by atoms with Gasteiger partial charge in [0, 0.05) is 37.5 Å². The Hall–Kier alpha value is -2.59. The molecule has 2 heterocycles. The van der Waals surface area contributed by atoms with E-state index in [1.54, 1.807) is 6.07 Å². The minimum absolute atomic E-state index is 0.132. The number of fused-ring (bicyclic) bond motifs is 1. The molecule has 0 radical (unpaired) electrons. The molecule has 146 valence electrons. The van der Waals surface area contributed by atoms with Gasteiger partial charge < -0.3 is 20.1 Å². The number of ether oxygens (including phenoxy) is 2. The molecule has 1 aromatic heterocycles. The summed E-state index contributed by atoms with van der Waals surface area (Å²) >= 11 is 0. The number of nitrogens with zero attached hydrogens (tertiary/aromatic N) is 2. The SMILES string of the molecule is CCNc1cc(C)nc(NCCNS(=O)(=O)c2ccc3c(c2)OCCO3)n1. The molecule has 0 aliphatic carbocycles. The molecule has 0 atom stereocenters. The van der Waals surface area contributed by atoms with Gasteiger partial charge in [-0.15, -0.1) is 0 Å². The molecule has 0 saturated carbocycles. The van der Waals surface area contributed by atoms with E-state index >= 15 is 0 Å². The second-order valence-corrected chi connectivity index (χ2v) is 7.65. The molecule has 10 heteroatoms. The highest BCUT2D eigenvalue weighted by Crippen LogP contribution is 2.32. The van der Waals surface area contributed by atoms with Gasteiger partial charge in [0.05, 0.1) is 4.90 Å². The first-order valence-electron chi connectivity index (χ1n) is 8.70. The predicted octanol–water partition coefficient (Wildman–Crippen LogP) is 1.38. The van der Waals surface area contributed by atoms with E-state index in [-0.39, 0.29) is 11.4 Å². The van der Waals surface area contributed by atoms with Crippen molar-refractivity contribution >= 4 is 21.8 Å². The van der Waals surface area contributed by atoms with Gasteiger partial charge in [-0.2, -0.15) is 4.98 Å². The van der Waals surface area contributed by atoms with Gasteiger partial charge in [-0.05, 0) is 26.0 Å². The van der Waals surface area contributed by atoms with Crippen molar-refractivity contribution in [1.82, 2.24) is 14.7 Å². The summed E-state index contributed by atoms with van der Waals surface area (Å²) in [6, 6.07) is 6.41. The third kappa shape index (κ3) is 4.98. The van der Waals surface area contributed by atoms with E-state index in [2.05, 4.69) is 25.3 Å². The van der Waals surface area contributed by atoms with Crippen molar-refractivity contribution in [3.8, 4) is 11.5 Å². The van der Waals surface area contributed by atoms with Crippen molar-refractivity contribution in [2.24, 2.45) is 0 Å². The Morgan fingerprint density at radius 3 is 2.59 bits per heavy atom. The molecule has 1 aliphatic heterocycles. The average molecular weight is 393 g/mol. The first-order valence-corrected chi connectivity index (χ1v) is 10.2. The molecule has 9 nitrogen and oxygen atoms in total. The minimum Gasteiger partial charge on any atom is -0.486 e. The number of sulfonamides is 1. The fourth-order valence-electron chi connectivity index (χ4n) is 2.55. The van der Waals surface area contributed by atoms with Gasteiger partial charge in [0.2, 0.25) is 16.0 Å². The van der Waals surface area contributed by atoms with E-state index in [1.165, 1.54) is 12.1 Å². The number of hydrogen-bond acceptors (Lipinski definition) is 8. The molecule has 1 aliphatic rings. The molecule has 1 aromatic carbocycles. The lowest BCUT2D eigenvalue weighted by Crippen LogP contribution is -2.29. The minimum atomic E-state index is -3.65. The maximum absolute atomic E-state index is 12.4. The molecule has 3 N–H and O–H groups in total. The lowest BCUT2D eigenvalue weighted by Gasteiger charge is -2.19. The van der Waals surface area contributed by atoms with Crippen molar-refractivity contribution in [2.75, 3.05) is 43.5 Å². The van der Waals surface area contributed by atoms with Crippen LogP contribution < -0.4 is 24.8 Å². The zero-order valence-corrected chi connectivity index (χ0v) is 16.1. The highest BCUT2D eigenvalue weighted by Gasteiger charge is 2.19. The lowest BCUT2D eigenvalue weighted by atomic mass is 10.3. The first-order chi connectivity index (χ1) is 13.0. The van der Waals surface area contributed by atoms with Crippen LogP contribution in [0.5, 0.6) is 11.5 Å². The maximum Gasteiger partial charge on any atom is 0.240 e. The highest BCUT2D eigenvalue weighted by molar-refractivity contribution is 7.89. The van der Waals surface area contributed by atoms with Crippen LogP contribution in [-0.4, -0.2) is 51.2 Å². The van der Waals surface area contributed by atoms with Crippen LogP contribution in [0.3, 0.4) is 0 Å². The maximum atomic E-state index is 12.4. The summed E-state index contributed by atoms with van der Waals surface area (Å²) in [6.45, 7) is 6.00. The topological polar surface area (TPSA) is 114 Å². The standard InChI is InChI=1S/C17H23N5O4S/c1-3-18-16-10-12(2)21-17(22-16)19-6-7-20-27(23,24)13-4-5-14-15(11-13)26-9-8-25-14/h4-5,10-11,20H,3,6-9H2,1-2H3,(H2,18,19,21,22). The molecule has 2 aromatic rings. The first kappa shape index (κ1) is 19.2. The number of nitrogens with one attached hydrogen (secondary N) is 3. The Morgan fingerprint density at radius 2 is 1.81 bits per heavy atom. The van der Waals surface area contributed by atoms with Crippen LogP contribution in [0, 0.1) is 6.92 Å². The molecule has 0 saturated heterocycles. The van der Waals surface area contributed by atoms with Gasteiger partial charge in [0.1, 0.15) is 19.0 Å². The second kappa shape index (κ2) is 8.40. The summed E-state index contributed by atoms with van der Waals surface area (Å²) in [5.74, 6) is 2.16. The monoisotopic (exact) mass is 393 g/mol. The quantitative estimate of drug-likeness (QED) is 0.576. The molecule has 0 spiro atoms. The molecular formula is C17H23N5O4S. The van der Waals surface area contributed by atoms with E-state index in [1.807, 2.05) is 19.9 Å². The third-order valence-electron chi connectivity index (χ3n) is 3.74. The average Bonchev–Trinajstić information content (AvgIpc) is 2.65. The fourth-order valence-corrected chi connectivity index (χ4v) is 3.60. The largest absolute Gasteiger partial charge is 0.486 e. The zero-order valence-electron chi connectivity index (χ0n) is 15.3. The molecule has 3 rings (SSSR count). The smallest absolute Gasteiger partial charge is 0.240 e. The normalized spacial score (nSPS) is 13.3. The van der Waals surface area contributed by atoms with Crippen LogP contribution >= 0.6 is 0 Å². The molecule has 0 unspecified atom stereocenters. The Balaban J connectivity index is 1.57. The summed E-state index contributed by atoms with van der Waals surface area (Å²) < 4.78 is 38.3. The van der Waals surface area contributed by atoms with E-state index in [9.17, 15) is 8.42 Å². The van der Waals surface area contributed by atoms with Crippen LogP contribution in [0.4, 0.5) is 11.8 Å². The third-order valence-corrected chi connectivity index (χ3v) is 5.19. The van der Waals surface area contributed by atoms with Crippen molar-refractivity contribution in [3.05, 3.63) is 30.0 Å². The fraction of sp³-hybridized carbons (Fsp3) is 0.412. The molecular weight excluding hydrogens is 370 g/mol. The van der Waals surface area contributed by atoms with Crippen LogP contribution in [-0.2, 0) is 10.0 Å². The molecule has 27 heavy (non-hydrogen) atoms. The van der Waals surface area contributed by atoms with Gasteiger partial charge in [-0.3, -0.25) is 0 Å². The lowest BCUT2D eigenvalue weighted by molar-refractivity contribution is 0.171. The Kier molecular flexibility index (Phi) is 5.97. The van der Waals surface area contributed by atoms with Crippen LogP contribution in [0.25, 0.3) is 0 Å².